The Morgan fingerprint density at radius 1 is 1.21 bits per heavy atom. The van der Waals surface area contributed by atoms with Gasteiger partial charge in [-0.25, -0.2) is 8.42 Å². The van der Waals surface area contributed by atoms with E-state index in [1.807, 2.05) is 0 Å². The molecular formula is C17H17Cl2N3O5S. The second kappa shape index (κ2) is 9.33. The average Bonchev–Trinajstić information content (AvgIpc) is 2.64. The Morgan fingerprint density at radius 2 is 1.93 bits per heavy atom. The van der Waals surface area contributed by atoms with Gasteiger partial charge in [-0.15, -0.1) is 0 Å². The molecule has 0 fully saturated rings. The van der Waals surface area contributed by atoms with Crippen molar-refractivity contribution in [2.45, 2.75) is 18.2 Å². The number of carbonyl (C=O) groups excluding carboxylic acids is 1. The number of benzene rings is 2. The van der Waals surface area contributed by atoms with Crippen LogP contribution in [0.3, 0.4) is 0 Å². The Bertz CT molecular complexity index is 998. The number of sulfonamides is 1. The third-order valence-corrected chi connectivity index (χ3v) is 6.07. The quantitative estimate of drug-likeness (QED) is 0.488. The van der Waals surface area contributed by atoms with E-state index in [1.54, 1.807) is 13.0 Å². The molecule has 0 aliphatic rings. The molecule has 1 N–H and O–H groups in total. The molecule has 2 aromatic carbocycles. The van der Waals surface area contributed by atoms with Crippen LogP contribution < -0.4 is 5.32 Å². The fraction of sp³-hybridized carbons (Fsp3) is 0.235. The highest BCUT2D eigenvalue weighted by atomic mass is 35.5. The number of carbonyl (C=O) groups is 1. The zero-order valence-electron chi connectivity index (χ0n) is 14.8. The summed E-state index contributed by atoms with van der Waals surface area (Å²) in [4.78, 5) is 22.4. The van der Waals surface area contributed by atoms with Crippen LogP contribution in [0.4, 0.5) is 11.4 Å². The molecule has 0 aromatic heterocycles. The largest absolute Gasteiger partial charge is 0.324 e. The van der Waals surface area contributed by atoms with E-state index < -0.39 is 27.4 Å². The van der Waals surface area contributed by atoms with Crippen molar-refractivity contribution in [3.8, 4) is 0 Å². The lowest BCUT2D eigenvalue weighted by molar-refractivity contribution is -0.385. The summed E-state index contributed by atoms with van der Waals surface area (Å²) >= 11 is 11.9. The van der Waals surface area contributed by atoms with Crippen molar-refractivity contribution in [2.75, 3.05) is 18.4 Å². The highest BCUT2D eigenvalue weighted by molar-refractivity contribution is 7.89. The molecule has 0 spiro atoms. The van der Waals surface area contributed by atoms with Crippen LogP contribution in [0.2, 0.25) is 10.0 Å². The van der Waals surface area contributed by atoms with Crippen molar-refractivity contribution in [3.05, 3.63) is 62.6 Å². The van der Waals surface area contributed by atoms with E-state index in [0.717, 1.165) is 10.4 Å². The van der Waals surface area contributed by atoms with Crippen LogP contribution >= 0.6 is 23.2 Å². The van der Waals surface area contributed by atoms with Crippen molar-refractivity contribution < 1.29 is 18.1 Å². The molecule has 0 bridgehead atoms. The van der Waals surface area contributed by atoms with Gasteiger partial charge in [0.2, 0.25) is 15.9 Å². The number of nitro benzene ring substituents is 1. The first-order valence-electron chi connectivity index (χ1n) is 8.14. The standard InChI is InChI=1S/C17H17Cl2N3O5S/c1-2-8-21(11-17(23)20-16-9-12(18)6-7-15(16)19)28(26,27)14-5-3-4-13(10-14)22(24)25/h3-7,9-10H,2,8,11H2,1H3,(H,20,23). The molecule has 0 atom stereocenters. The molecule has 0 unspecified atom stereocenters. The third kappa shape index (κ3) is 5.41. The SMILES string of the molecule is CCCN(CC(=O)Nc1cc(Cl)ccc1Cl)S(=O)(=O)c1cccc([N+](=O)[O-])c1. The number of halogens is 2. The average molecular weight is 446 g/mol. The minimum Gasteiger partial charge on any atom is -0.324 e. The smallest absolute Gasteiger partial charge is 0.270 e. The summed E-state index contributed by atoms with van der Waals surface area (Å²) < 4.78 is 26.7. The van der Waals surface area contributed by atoms with Crippen LogP contribution in [-0.2, 0) is 14.8 Å². The van der Waals surface area contributed by atoms with Crippen molar-refractivity contribution in [3.63, 3.8) is 0 Å². The lowest BCUT2D eigenvalue weighted by Gasteiger charge is -2.21. The number of amides is 1. The maximum atomic E-state index is 12.9. The van der Waals surface area contributed by atoms with Gasteiger partial charge in [0.25, 0.3) is 5.69 Å². The van der Waals surface area contributed by atoms with Crippen LogP contribution in [0.25, 0.3) is 0 Å². The number of nitro groups is 1. The normalized spacial score (nSPS) is 11.4. The van der Waals surface area contributed by atoms with Crippen LogP contribution in [0.1, 0.15) is 13.3 Å². The number of nitrogens with zero attached hydrogens (tertiary/aromatic N) is 2. The second-order valence-electron chi connectivity index (χ2n) is 5.77. The van der Waals surface area contributed by atoms with Gasteiger partial charge in [-0.2, -0.15) is 4.31 Å². The zero-order chi connectivity index (χ0) is 20.9. The number of anilines is 1. The first kappa shape index (κ1) is 22.1. The van der Waals surface area contributed by atoms with Gasteiger partial charge in [0, 0.05) is 23.7 Å². The van der Waals surface area contributed by atoms with Crippen molar-refractivity contribution in [1.82, 2.24) is 4.31 Å². The number of hydrogen-bond donors (Lipinski definition) is 1. The predicted molar refractivity (Wildman–Crippen MR) is 107 cm³/mol. The van der Waals surface area contributed by atoms with Gasteiger partial charge in [-0.05, 0) is 30.7 Å². The molecule has 0 aliphatic heterocycles. The van der Waals surface area contributed by atoms with Gasteiger partial charge in [-0.1, -0.05) is 36.2 Å². The van der Waals surface area contributed by atoms with E-state index in [9.17, 15) is 23.3 Å². The molecule has 150 valence electrons. The Labute approximate surface area is 172 Å². The Kier molecular flexibility index (Phi) is 7.36. The topological polar surface area (TPSA) is 110 Å². The lowest BCUT2D eigenvalue weighted by atomic mass is 10.3. The fourth-order valence-electron chi connectivity index (χ4n) is 2.38. The highest BCUT2D eigenvalue weighted by Crippen LogP contribution is 2.26. The van der Waals surface area contributed by atoms with Gasteiger partial charge in [-0.3, -0.25) is 14.9 Å². The van der Waals surface area contributed by atoms with Crippen LogP contribution in [0.15, 0.2) is 47.4 Å². The molecule has 0 aliphatic carbocycles. The van der Waals surface area contributed by atoms with E-state index in [2.05, 4.69) is 5.32 Å². The van der Waals surface area contributed by atoms with E-state index >= 15 is 0 Å². The van der Waals surface area contributed by atoms with Crippen LogP contribution in [-0.4, -0.2) is 36.6 Å². The molecule has 2 aromatic rings. The summed E-state index contributed by atoms with van der Waals surface area (Å²) in [7, 11) is -4.12. The van der Waals surface area contributed by atoms with E-state index in [0.29, 0.717) is 11.4 Å². The molecule has 28 heavy (non-hydrogen) atoms. The van der Waals surface area contributed by atoms with Gasteiger partial charge in [0.15, 0.2) is 0 Å². The summed E-state index contributed by atoms with van der Waals surface area (Å²) in [5.74, 6) is -0.619. The summed E-state index contributed by atoms with van der Waals surface area (Å²) in [6.07, 6.45) is 0.444. The first-order valence-corrected chi connectivity index (χ1v) is 10.3. The van der Waals surface area contributed by atoms with Crippen molar-refractivity contribution in [1.29, 1.82) is 0 Å². The molecule has 1 amide bonds. The van der Waals surface area contributed by atoms with Crippen molar-refractivity contribution >= 4 is 50.5 Å². The van der Waals surface area contributed by atoms with Crippen molar-refractivity contribution in [2.24, 2.45) is 0 Å². The molecule has 2 rings (SSSR count). The maximum Gasteiger partial charge on any atom is 0.270 e. The Balaban J connectivity index is 2.26. The molecule has 11 heteroatoms. The van der Waals surface area contributed by atoms with Gasteiger partial charge >= 0.3 is 0 Å². The first-order chi connectivity index (χ1) is 13.1. The number of non-ortho nitro benzene ring substituents is 1. The summed E-state index contributed by atoms with van der Waals surface area (Å²) in [5.41, 5.74) is -0.101. The van der Waals surface area contributed by atoms with E-state index in [1.165, 1.54) is 30.3 Å². The minimum atomic E-state index is -4.12. The Morgan fingerprint density at radius 3 is 2.57 bits per heavy atom. The molecule has 0 saturated carbocycles. The predicted octanol–water partition coefficient (Wildman–Crippen LogP) is 3.94. The fourth-order valence-corrected chi connectivity index (χ4v) is 4.25. The van der Waals surface area contributed by atoms with Crippen LogP contribution in [0, 0.1) is 10.1 Å². The second-order valence-corrected chi connectivity index (χ2v) is 8.55. The highest BCUT2D eigenvalue weighted by Gasteiger charge is 2.27. The monoisotopic (exact) mass is 445 g/mol. The third-order valence-electron chi connectivity index (χ3n) is 3.66. The summed E-state index contributed by atoms with van der Waals surface area (Å²) in [5, 5.41) is 14.1. The number of hydrogen-bond acceptors (Lipinski definition) is 5. The van der Waals surface area contributed by atoms with Gasteiger partial charge < -0.3 is 5.32 Å². The molecule has 0 radical (unpaired) electrons. The zero-order valence-corrected chi connectivity index (χ0v) is 17.1. The minimum absolute atomic E-state index is 0.0573. The molecule has 8 nitrogen and oxygen atoms in total. The maximum absolute atomic E-state index is 12.9. The van der Waals surface area contributed by atoms with Crippen LogP contribution in [0.5, 0.6) is 0 Å². The number of rotatable bonds is 8. The van der Waals surface area contributed by atoms with Gasteiger partial charge in [0.1, 0.15) is 0 Å². The number of nitrogens with one attached hydrogen (secondary N) is 1. The molecule has 0 heterocycles. The summed E-state index contributed by atoms with van der Waals surface area (Å²) in [6, 6.07) is 9.18. The lowest BCUT2D eigenvalue weighted by Crippen LogP contribution is -2.38. The van der Waals surface area contributed by atoms with E-state index in [-0.39, 0.29) is 27.8 Å². The Hall–Kier alpha value is -2.20. The van der Waals surface area contributed by atoms with Gasteiger partial charge in [0.05, 0.1) is 27.1 Å². The van der Waals surface area contributed by atoms with E-state index in [4.69, 9.17) is 23.2 Å². The molecule has 0 saturated heterocycles. The molecular weight excluding hydrogens is 429 g/mol. The summed E-state index contributed by atoms with van der Waals surface area (Å²) in [6.45, 7) is 1.32.